The predicted molar refractivity (Wildman–Crippen MR) is 69.8 cm³/mol. The third kappa shape index (κ3) is 2.65. The average Bonchev–Trinajstić information content (AvgIpc) is 2.91. The van der Waals surface area contributed by atoms with Crippen molar-refractivity contribution in [3.63, 3.8) is 0 Å². The minimum Gasteiger partial charge on any atom is -0.353 e. The minimum absolute atomic E-state index is 0.114. The maximum atomic E-state index is 12.5. The normalized spacial score (nSPS) is 37.3. The van der Waals surface area contributed by atoms with Gasteiger partial charge in [-0.1, -0.05) is 26.7 Å². The van der Waals surface area contributed by atoms with Gasteiger partial charge in [-0.2, -0.15) is 0 Å². The molecule has 1 heterocycles. The number of rotatable bonds is 4. The molecule has 1 saturated heterocycles. The van der Waals surface area contributed by atoms with Gasteiger partial charge in [0, 0.05) is 12.6 Å². The summed E-state index contributed by atoms with van der Waals surface area (Å²) in [4.78, 5) is 12.5. The van der Waals surface area contributed by atoms with E-state index in [0.29, 0.717) is 17.9 Å². The van der Waals surface area contributed by atoms with Gasteiger partial charge in [-0.15, -0.1) is 0 Å². The molecule has 17 heavy (non-hydrogen) atoms. The van der Waals surface area contributed by atoms with Crippen LogP contribution >= 0.6 is 0 Å². The van der Waals surface area contributed by atoms with Crippen LogP contribution in [0, 0.1) is 11.3 Å². The molecule has 3 unspecified atom stereocenters. The molecule has 1 amide bonds. The van der Waals surface area contributed by atoms with Crippen LogP contribution in [0.2, 0.25) is 0 Å². The van der Waals surface area contributed by atoms with Crippen molar-refractivity contribution in [3.8, 4) is 0 Å². The number of nitrogens with one attached hydrogen (secondary N) is 2. The monoisotopic (exact) mass is 238 g/mol. The van der Waals surface area contributed by atoms with E-state index in [9.17, 15) is 4.79 Å². The van der Waals surface area contributed by atoms with E-state index in [4.69, 9.17) is 0 Å². The molecule has 3 heteroatoms. The fraction of sp³-hybridized carbons (Fsp3) is 0.929. The van der Waals surface area contributed by atoms with Crippen LogP contribution in [0.3, 0.4) is 0 Å². The van der Waals surface area contributed by atoms with E-state index >= 15 is 0 Å². The van der Waals surface area contributed by atoms with Gasteiger partial charge in [0.15, 0.2) is 0 Å². The smallest absolute Gasteiger partial charge is 0.227 e. The number of carbonyl (C=O) groups excluding carboxylic acids is 1. The van der Waals surface area contributed by atoms with E-state index in [0.717, 1.165) is 32.4 Å². The van der Waals surface area contributed by atoms with Crippen molar-refractivity contribution < 1.29 is 4.79 Å². The van der Waals surface area contributed by atoms with Gasteiger partial charge in [-0.05, 0) is 38.1 Å². The summed E-state index contributed by atoms with van der Waals surface area (Å²) in [5.74, 6) is 0.968. The molecule has 2 N–H and O–H groups in total. The van der Waals surface area contributed by atoms with Gasteiger partial charge in [0.05, 0.1) is 5.41 Å². The maximum absolute atomic E-state index is 12.5. The van der Waals surface area contributed by atoms with Gasteiger partial charge >= 0.3 is 0 Å². The lowest BCUT2D eigenvalue weighted by atomic mass is 9.81. The van der Waals surface area contributed by atoms with Crippen LogP contribution in [0.15, 0.2) is 0 Å². The molecule has 98 valence electrons. The quantitative estimate of drug-likeness (QED) is 0.787. The van der Waals surface area contributed by atoms with E-state index in [-0.39, 0.29) is 5.41 Å². The van der Waals surface area contributed by atoms with Gasteiger partial charge < -0.3 is 10.6 Å². The second kappa shape index (κ2) is 5.38. The molecule has 2 fully saturated rings. The van der Waals surface area contributed by atoms with Crippen LogP contribution in [-0.2, 0) is 4.79 Å². The van der Waals surface area contributed by atoms with Crippen molar-refractivity contribution in [1.82, 2.24) is 10.6 Å². The Hall–Kier alpha value is -0.570. The van der Waals surface area contributed by atoms with Crippen molar-refractivity contribution >= 4 is 5.91 Å². The lowest BCUT2D eigenvalue weighted by Crippen LogP contribution is -2.47. The zero-order chi connectivity index (χ0) is 12.3. The molecule has 2 aliphatic rings. The Morgan fingerprint density at radius 1 is 1.47 bits per heavy atom. The molecular formula is C14H26N2O. The molecule has 0 aromatic rings. The first-order chi connectivity index (χ1) is 8.18. The van der Waals surface area contributed by atoms with Gasteiger partial charge in [0.1, 0.15) is 0 Å². The molecule has 3 atom stereocenters. The molecule has 0 bridgehead atoms. The van der Waals surface area contributed by atoms with Gasteiger partial charge in [-0.3, -0.25) is 4.79 Å². The standard InChI is InChI=1S/C14H26N2O/c1-3-7-14(8-9-15-10-14)13(17)16-12-6-4-5-11(12)2/h11-12,15H,3-10H2,1-2H3,(H,16,17). The van der Waals surface area contributed by atoms with Crippen LogP contribution in [-0.4, -0.2) is 25.0 Å². The van der Waals surface area contributed by atoms with Crippen LogP contribution in [0.1, 0.15) is 52.4 Å². The Balaban J connectivity index is 1.96. The number of carbonyl (C=O) groups is 1. The highest BCUT2D eigenvalue weighted by Gasteiger charge is 2.41. The summed E-state index contributed by atoms with van der Waals surface area (Å²) < 4.78 is 0. The molecule has 0 aromatic heterocycles. The number of hydrogen-bond donors (Lipinski definition) is 2. The second-order valence-electron chi connectivity index (χ2n) is 5.95. The lowest BCUT2D eigenvalue weighted by Gasteiger charge is -2.29. The van der Waals surface area contributed by atoms with Crippen molar-refractivity contribution in [1.29, 1.82) is 0 Å². The summed E-state index contributed by atoms with van der Waals surface area (Å²) in [5, 5.41) is 6.67. The second-order valence-corrected chi connectivity index (χ2v) is 5.95. The average molecular weight is 238 g/mol. The zero-order valence-electron chi connectivity index (χ0n) is 11.2. The highest BCUT2D eigenvalue weighted by molar-refractivity contribution is 5.83. The predicted octanol–water partition coefficient (Wildman–Crippen LogP) is 2.07. The summed E-state index contributed by atoms with van der Waals surface area (Å²) in [7, 11) is 0. The van der Waals surface area contributed by atoms with E-state index < -0.39 is 0 Å². The SMILES string of the molecule is CCCC1(C(=O)NC2CCCC2C)CCNC1. The third-order valence-electron chi connectivity index (χ3n) is 4.63. The third-order valence-corrected chi connectivity index (χ3v) is 4.63. The van der Waals surface area contributed by atoms with Gasteiger partial charge in [0.2, 0.25) is 5.91 Å². The first-order valence-electron chi connectivity index (χ1n) is 7.19. The molecule has 1 aliphatic heterocycles. The Morgan fingerprint density at radius 2 is 2.29 bits per heavy atom. The molecule has 3 nitrogen and oxygen atoms in total. The fourth-order valence-corrected chi connectivity index (χ4v) is 3.42. The molecule has 0 radical (unpaired) electrons. The van der Waals surface area contributed by atoms with Crippen molar-refractivity contribution in [3.05, 3.63) is 0 Å². The van der Waals surface area contributed by atoms with Crippen molar-refractivity contribution in [2.24, 2.45) is 11.3 Å². The lowest BCUT2D eigenvalue weighted by molar-refractivity contribution is -0.131. The Kier molecular flexibility index (Phi) is 4.08. The van der Waals surface area contributed by atoms with E-state index in [1.165, 1.54) is 19.3 Å². The number of hydrogen-bond acceptors (Lipinski definition) is 2. The first-order valence-corrected chi connectivity index (χ1v) is 7.19. The van der Waals surface area contributed by atoms with E-state index in [2.05, 4.69) is 24.5 Å². The largest absolute Gasteiger partial charge is 0.353 e. The Morgan fingerprint density at radius 3 is 2.82 bits per heavy atom. The Labute approximate surface area is 105 Å². The maximum Gasteiger partial charge on any atom is 0.227 e. The summed E-state index contributed by atoms with van der Waals surface area (Å²) in [6.45, 7) is 6.30. The molecule has 1 saturated carbocycles. The van der Waals surface area contributed by atoms with Crippen LogP contribution in [0.4, 0.5) is 0 Å². The first kappa shape index (κ1) is 12.9. The van der Waals surface area contributed by atoms with Crippen molar-refractivity contribution in [2.45, 2.75) is 58.4 Å². The fourth-order valence-electron chi connectivity index (χ4n) is 3.42. The van der Waals surface area contributed by atoms with E-state index in [1.807, 2.05) is 0 Å². The van der Waals surface area contributed by atoms with Crippen molar-refractivity contribution in [2.75, 3.05) is 13.1 Å². The highest BCUT2D eigenvalue weighted by Crippen LogP contribution is 2.33. The van der Waals surface area contributed by atoms with Crippen LogP contribution in [0.5, 0.6) is 0 Å². The Bertz CT molecular complexity index is 271. The molecular weight excluding hydrogens is 212 g/mol. The summed E-state index contributed by atoms with van der Waals surface area (Å²) in [6, 6.07) is 0.428. The zero-order valence-corrected chi connectivity index (χ0v) is 11.2. The minimum atomic E-state index is -0.114. The van der Waals surface area contributed by atoms with Gasteiger partial charge in [0.25, 0.3) is 0 Å². The molecule has 0 spiro atoms. The van der Waals surface area contributed by atoms with Crippen LogP contribution < -0.4 is 10.6 Å². The topological polar surface area (TPSA) is 41.1 Å². The molecule has 1 aliphatic carbocycles. The highest BCUT2D eigenvalue weighted by atomic mass is 16.2. The number of amides is 1. The van der Waals surface area contributed by atoms with Crippen LogP contribution in [0.25, 0.3) is 0 Å². The molecule has 0 aromatic carbocycles. The summed E-state index contributed by atoms with van der Waals surface area (Å²) >= 11 is 0. The van der Waals surface area contributed by atoms with Gasteiger partial charge in [-0.25, -0.2) is 0 Å². The summed E-state index contributed by atoms with van der Waals surface area (Å²) in [5.41, 5.74) is -0.114. The molecule has 2 rings (SSSR count). The summed E-state index contributed by atoms with van der Waals surface area (Å²) in [6.07, 6.45) is 6.83. The van der Waals surface area contributed by atoms with E-state index in [1.54, 1.807) is 0 Å².